The van der Waals surface area contributed by atoms with Crippen molar-refractivity contribution in [2.75, 3.05) is 23.7 Å². The monoisotopic (exact) mass is 565 g/mol. The molecule has 40 heavy (non-hydrogen) atoms. The molecule has 3 aromatic rings. The summed E-state index contributed by atoms with van der Waals surface area (Å²) in [6.45, 7) is 7.39. The summed E-state index contributed by atoms with van der Waals surface area (Å²) in [6.07, 6.45) is 1.31. The van der Waals surface area contributed by atoms with Gasteiger partial charge in [0.1, 0.15) is 18.3 Å². The van der Waals surface area contributed by atoms with Crippen LogP contribution in [0.4, 0.5) is 5.69 Å². The highest BCUT2D eigenvalue weighted by Crippen LogP contribution is 2.30. The van der Waals surface area contributed by atoms with Crippen molar-refractivity contribution < 1.29 is 22.7 Å². The molecular formula is C31H39N3O5S. The molecule has 0 saturated heterocycles. The zero-order valence-corrected chi connectivity index (χ0v) is 24.6. The summed E-state index contributed by atoms with van der Waals surface area (Å²) >= 11 is 0. The first-order valence-corrected chi connectivity index (χ1v) is 15.1. The lowest BCUT2D eigenvalue weighted by Crippen LogP contribution is -2.56. The number of nitrogens with one attached hydrogen (secondary N) is 1. The van der Waals surface area contributed by atoms with E-state index < -0.39 is 34.1 Å². The summed E-state index contributed by atoms with van der Waals surface area (Å²) in [5, 5.41) is 3.02. The first kappa shape index (κ1) is 30.7. The fraction of sp³-hybridized carbons (Fsp3) is 0.355. The van der Waals surface area contributed by atoms with Crippen molar-refractivity contribution in [2.24, 2.45) is 0 Å². The number of amides is 2. The molecule has 0 aliphatic heterocycles. The Morgan fingerprint density at radius 3 is 1.98 bits per heavy atom. The van der Waals surface area contributed by atoms with Gasteiger partial charge in [0.25, 0.3) is 0 Å². The van der Waals surface area contributed by atoms with Crippen LogP contribution in [-0.2, 0) is 32.6 Å². The Hall–Kier alpha value is -3.85. The van der Waals surface area contributed by atoms with Crippen LogP contribution in [0.15, 0.2) is 84.9 Å². The highest BCUT2D eigenvalue weighted by Gasteiger charge is 2.34. The van der Waals surface area contributed by atoms with Gasteiger partial charge in [0.05, 0.1) is 18.6 Å². The van der Waals surface area contributed by atoms with Crippen LogP contribution in [0.2, 0.25) is 0 Å². The third kappa shape index (κ3) is 8.84. The molecule has 0 aliphatic carbocycles. The van der Waals surface area contributed by atoms with E-state index in [1.807, 2.05) is 81.4 Å². The lowest BCUT2D eigenvalue weighted by Gasteiger charge is -2.35. The number of hydrogen-bond acceptors (Lipinski definition) is 5. The number of benzene rings is 3. The molecule has 1 N–H and O–H groups in total. The Bertz CT molecular complexity index is 1370. The minimum Gasteiger partial charge on any atom is -0.492 e. The molecule has 3 rings (SSSR count). The van der Waals surface area contributed by atoms with E-state index in [2.05, 4.69) is 5.32 Å². The van der Waals surface area contributed by atoms with Gasteiger partial charge in [0, 0.05) is 18.5 Å². The van der Waals surface area contributed by atoms with Gasteiger partial charge >= 0.3 is 0 Å². The maximum Gasteiger partial charge on any atom is 0.244 e. The van der Waals surface area contributed by atoms with Crippen molar-refractivity contribution in [1.82, 2.24) is 10.2 Å². The molecule has 3 aromatic carbocycles. The fourth-order valence-corrected chi connectivity index (χ4v) is 5.18. The maximum absolute atomic E-state index is 14.1. The fourth-order valence-electron chi connectivity index (χ4n) is 4.32. The van der Waals surface area contributed by atoms with Gasteiger partial charge in [-0.05, 0) is 51.0 Å². The van der Waals surface area contributed by atoms with Crippen LogP contribution in [0.1, 0.15) is 38.8 Å². The number of carbonyl (C=O) groups excluding carboxylic acids is 2. The Morgan fingerprint density at radius 2 is 1.43 bits per heavy atom. The molecule has 2 amide bonds. The highest BCUT2D eigenvalue weighted by atomic mass is 32.2. The van der Waals surface area contributed by atoms with E-state index in [4.69, 9.17) is 4.74 Å². The smallest absolute Gasteiger partial charge is 0.244 e. The van der Waals surface area contributed by atoms with Crippen LogP contribution >= 0.6 is 0 Å². The van der Waals surface area contributed by atoms with Gasteiger partial charge < -0.3 is 15.0 Å². The van der Waals surface area contributed by atoms with Crippen molar-refractivity contribution in [1.29, 1.82) is 0 Å². The van der Waals surface area contributed by atoms with E-state index in [1.54, 1.807) is 31.2 Å². The number of sulfonamides is 1. The molecule has 0 radical (unpaired) electrons. The average Bonchev–Trinajstić information content (AvgIpc) is 2.89. The zero-order chi connectivity index (χ0) is 29.3. The summed E-state index contributed by atoms with van der Waals surface area (Å²) < 4.78 is 32.7. The average molecular weight is 566 g/mol. The highest BCUT2D eigenvalue weighted by molar-refractivity contribution is 7.92. The largest absolute Gasteiger partial charge is 0.492 e. The topological polar surface area (TPSA) is 96.0 Å². The second kappa shape index (κ2) is 13.5. The van der Waals surface area contributed by atoms with Crippen molar-refractivity contribution >= 4 is 27.5 Å². The SMILES string of the molecule is CCOc1ccccc1N(CC(=O)N(Cc1ccccc1)[C@@H](Cc1ccccc1)C(=O)NC(C)(C)C)S(C)(=O)=O. The van der Waals surface area contributed by atoms with Crippen molar-refractivity contribution in [3.8, 4) is 5.75 Å². The molecule has 0 heterocycles. The van der Waals surface area contributed by atoms with Gasteiger partial charge in [-0.1, -0.05) is 72.8 Å². The number of anilines is 1. The van der Waals surface area contributed by atoms with Crippen LogP contribution in [0.25, 0.3) is 0 Å². The first-order valence-electron chi connectivity index (χ1n) is 13.3. The van der Waals surface area contributed by atoms with Crippen LogP contribution in [0, 0.1) is 0 Å². The zero-order valence-electron chi connectivity index (χ0n) is 23.8. The summed E-state index contributed by atoms with van der Waals surface area (Å²) in [4.78, 5) is 29.4. The number of nitrogens with zero attached hydrogens (tertiary/aromatic N) is 2. The summed E-state index contributed by atoms with van der Waals surface area (Å²) in [5.41, 5.74) is 1.42. The Labute approximate surface area is 238 Å². The number of para-hydroxylation sites is 2. The molecule has 0 bridgehead atoms. The third-order valence-corrected chi connectivity index (χ3v) is 7.20. The van der Waals surface area contributed by atoms with Crippen LogP contribution in [0.5, 0.6) is 5.75 Å². The van der Waals surface area contributed by atoms with Gasteiger partial charge in [-0.15, -0.1) is 0 Å². The molecule has 0 fully saturated rings. The van der Waals surface area contributed by atoms with Gasteiger partial charge in [-0.25, -0.2) is 8.42 Å². The van der Waals surface area contributed by atoms with Crippen molar-refractivity contribution in [2.45, 2.75) is 52.2 Å². The van der Waals surface area contributed by atoms with Gasteiger partial charge in [0.2, 0.25) is 21.8 Å². The summed E-state index contributed by atoms with van der Waals surface area (Å²) in [6, 6.07) is 24.6. The van der Waals surface area contributed by atoms with Crippen LogP contribution < -0.4 is 14.4 Å². The molecule has 0 aromatic heterocycles. The van der Waals surface area contributed by atoms with Crippen molar-refractivity contribution in [3.63, 3.8) is 0 Å². The predicted octanol–water partition coefficient (Wildman–Crippen LogP) is 4.41. The van der Waals surface area contributed by atoms with E-state index in [0.29, 0.717) is 12.4 Å². The molecule has 8 nitrogen and oxygen atoms in total. The molecule has 1 atom stereocenters. The van der Waals surface area contributed by atoms with Crippen LogP contribution in [0.3, 0.4) is 0 Å². The maximum atomic E-state index is 14.1. The van der Waals surface area contributed by atoms with Crippen molar-refractivity contribution in [3.05, 3.63) is 96.1 Å². The Kier molecular flexibility index (Phi) is 10.3. The molecule has 0 spiro atoms. The number of ether oxygens (including phenoxy) is 1. The Morgan fingerprint density at radius 1 is 0.875 bits per heavy atom. The lowest BCUT2D eigenvalue weighted by molar-refractivity contribution is -0.140. The second-order valence-electron chi connectivity index (χ2n) is 10.6. The number of carbonyl (C=O) groups is 2. The molecule has 0 unspecified atom stereocenters. The van der Waals surface area contributed by atoms with E-state index >= 15 is 0 Å². The minimum atomic E-state index is -3.89. The van der Waals surface area contributed by atoms with E-state index in [9.17, 15) is 18.0 Å². The van der Waals surface area contributed by atoms with E-state index in [1.165, 1.54) is 4.90 Å². The minimum absolute atomic E-state index is 0.124. The molecule has 0 aliphatic rings. The number of hydrogen-bond donors (Lipinski definition) is 1. The van der Waals surface area contributed by atoms with Gasteiger partial charge in [-0.2, -0.15) is 0 Å². The van der Waals surface area contributed by atoms with E-state index in [-0.39, 0.29) is 24.6 Å². The second-order valence-corrected chi connectivity index (χ2v) is 12.5. The molecule has 9 heteroatoms. The molecule has 0 saturated carbocycles. The number of rotatable bonds is 12. The standard InChI is InChI=1S/C31H39N3O5S/c1-6-39-28-20-14-13-19-26(28)34(40(5,37)38)23-29(35)33(22-25-17-11-8-12-18-25)27(30(36)32-31(2,3)4)21-24-15-9-7-10-16-24/h7-20,27H,6,21-23H2,1-5H3,(H,32,36)/t27-/m0/s1. The summed E-state index contributed by atoms with van der Waals surface area (Å²) in [5.74, 6) is -0.476. The van der Waals surface area contributed by atoms with Gasteiger partial charge in [0.15, 0.2) is 0 Å². The van der Waals surface area contributed by atoms with Crippen LogP contribution in [-0.4, -0.2) is 56.1 Å². The first-order chi connectivity index (χ1) is 18.9. The predicted molar refractivity (Wildman–Crippen MR) is 159 cm³/mol. The lowest BCUT2D eigenvalue weighted by atomic mass is 10.0. The normalized spacial score (nSPS) is 12.3. The summed E-state index contributed by atoms with van der Waals surface area (Å²) in [7, 11) is -3.89. The Balaban J connectivity index is 2.08. The molecule has 214 valence electrons. The van der Waals surface area contributed by atoms with Gasteiger partial charge in [-0.3, -0.25) is 13.9 Å². The molecular weight excluding hydrogens is 526 g/mol. The quantitative estimate of drug-likeness (QED) is 0.351. The van der Waals surface area contributed by atoms with E-state index in [0.717, 1.165) is 21.7 Å². The third-order valence-electron chi connectivity index (χ3n) is 6.08.